The molecular formula is C11H20N2S. The molecule has 0 aliphatic rings. The molecule has 0 radical (unpaired) electrons. The van der Waals surface area contributed by atoms with Crippen molar-refractivity contribution in [3.05, 3.63) is 16.6 Å². The molecular weight excluding hydrogens is 192 g/mol. The van der Waals surface area contributed by atoms with Gasteiger partial charge in [-0.1, -0.05) is 27.2 Å². The first-order chi connectivity index (χ1) is 6.79. The average molecular weight is 212 g/mol. The number of nitrogens with zero attached hydrogens (tertiary/aromatic N) is 1. The molecule has 2 nitrogen and oxygen atoms in total. The highest BCUT2D eigenvalue weighted by Crippen LogP contribution is 2.26. The van der Waals surface area contributed by atoms with E-state index in [4.69, 9.17) is 0 Å². The Hall–Kier alpha value is -0.410. The Balaban J connectivity index is 2.63. The molecule has 1 aromatic heterocycles. The topological polar surface area (TPSA) is 24.9 Å². The predicted molar refractivity (Wildman–Crippen MR) is 62.6 cm³/mol. The average Bonchev–Trinajstić information content (AvgIpc) is 2.67. The Kier molecular flexibility index (Phi) is 5.12. The molecule has 0 fully saturated rings. The fraction of sp³-hybridized carbons (Fsp3) is 0.727. The summed E-state index contributed by atoms with van der Waals surface area (Å²) in [5.74, 6) is 0.672. The SMILES string of the molecule is CCCC(C)C(NCC)c1nccs1. The number of hydrogen-bond donors (Lipinski definition) is 1. The van der Waals surface area contributed by atoms with E-state index in [2.05, 4.69) is 36.5 Å². The highest BCUT2D eigenvalue weighted by Gasteiger charge is 2.19. The van der Waals surface area contributed by atoms with Crippen molar-refractivity contribution in [2.75, 3.05) is 6.54 Å². The maximum Gasteiger partial charge on any atom is 0.110 e. The van der Waals surface area contributed by atoms with E-state index in [0.717, 1.165) is 6.54 Å². The number of aromatic nitrogens is 1. The van der Waals surface area contributed by atoms with Crippen LogP contribution >= 0.6 is 11.3 Å². The minimum atomic E-state index is 0.444. The zero-order valence-electron chi connectivity index (χ0n) is 9.29. The van der Waals surface area contributed by atoms with Crippen LogP contribution in [0.25, 0.3) is 0 Å². The second-order valence-electron chi connectivity index (χ2n) is 3.67. The van der Waals surface area contributed by atoms with Crippen LogP contribution in [0.4, 0.5) is 0 Å². The van der Waals surface area contributed by atoms with E-state index in [1.807, 2.05) is 6.20 Å². The summed E-state index contributed by atoms with van der Waals surface area (Å²) in [7, 11) is 0. The quantitative estimate of drug-likeness (QED) is 0.783. The minimum absolute atomic E-state index is 0.444. The van der Waals surface area contributed by atoms with E-state index < -0.39 is 0 Å². The first kappa shape index (κ1) is 11.7. The third-order valence-corrected chi connectivity index (χ3v) is 3.31. The molecule has 0 amide bonds. The largest absolute Gasteiger partial charge is 0.308 e. The van der Waals surface area contributed by atoms with Gasteiger partial charge in [-0.05, 0) is 18.9 Å². The molecule has 0 bridgehead atoms. The molecule has 2 unspecified atom stereocenters. The molecule has 3 heteroatoms. The minimum Gasteiger partial charge on any atom is -0.308 e. The monoisotopic (exact) mass is 212 g/mol. The molecule has 0 aliphatic heterocycles. The highest BCUT2D eigenvalue weighted by atomic mass is 32.1. The summed E-state index contributed by atoms with van der Waals surface area (Å²) in [6, 6.07) is 0.444. The van der Waals surface area contributed by atoms with Crippen LogP contribution in [0.1, 0.15) is 44.7 Å². The Morgan fingerprint density at radius 1 is 1.50 bits per heavy atom. The van der Waals surface area contributed by atoms with Crippen LogP contribution in [0.5, 0.6) is 0 Å². The summed E-state index contributed by atoms with van der Waals surface area (Å²) in [5, 5.41) is 6.80. The van der Waals surface area contributed by atoms with E-state index in [1.165, 1.54) is 17.8 Å². The molecule has 0 aromatic carbocycles. The van der Waals surface area contributed by atoms with Crippen molar-refractivity contribution in [1.29, 1.82) is 0 Å². The van der Waals surface area contributed by atoms with Gasteiger partial charge in [-0.15, -0.1) is 11.3 Å². The van der Waals surface area contributed by atoms with Gasteiger partial charge in [0.05, 0.1) is 6.04 Å². The molecule has 0 spiro atoms. The predicted octanol–water partition coefficient (Wildman–Crippen LogP) is 3.23. The fourth-order valence-electron chi connectivity index (χ4n) is 1.76. The Morgan fingerprint density at radius 2 is 2.29 bits per heavy atom. The zero-order valence-corrected chi connectivity index (χ0v) is 10.1. The van der Waals surface area contributed by atoms with Crippen molar-refractivity contribution < 1.29 is 0 Å². The standard InChI is InChI=1S/C11H20N2S/c1-4-6-9(3)10(12-5-2)11-13-7-8-14-11/h7-10,12H,4-6H2,1-3H3. The van der Waals surface area contributed by atoms with Crippen LogP contribution in [-0.2, 0) is 0 Å². The van der Waals surface area contributed by atoms with Crippen molar-refractivity contribution in [1.82, 2.24) is 10.3 Å². The third kappa shape index (κ3) is 3.07. The van der Waals surface area contributed by atoms with Gasteiger partial charge in [-0.3, -0.25) is 0 Å². The summed E-state index contributed by atoms with van der Waals surface area (Å²) < 4.78 is 0. The fourth-order valence-corrected chi connectivity index (χ4v) is 2.61. The second-order valence-corrected chi connectivity index (χ2v) is 4.60. The van der Waals surface area contributed by atoms with Crippen LogP contribution in [0.15, 0.2) is 11.6 Å². The van der Waals surface area contributed by atoms with Gasteiger partial charge in [-0.25, -0.2) is 4.98 Å². The number of rotatable bonds is 6. The van der Waals surface area contributed by atoms with Crippen LogP contribution in [0.3, 0.4) is 0 Å². The van der Waals surface area contributed by atoms with E-state index in [-0.39, 0.29) is 0 Å². The molecule has 1 heterocycles. The lowest BCUT2D eigenvalue weighted by Gasteiger charge is -2.22. The van der Waals surface area contributed by atoms with Gasteiger partial charge in [0, 0.05) is 11.6 Å². The number of hydrogen-bond acceptors (Lipinski definition) is 3. The van der Waals surface area contributed by atoms with Crippen molar-refractivity contribution in [3.63, 3.8) is 0 Å². The van der Waals surface area contributed by atoms with Crippen LogP contribution in [0, 0.1) is 5.92 Å². The van der Waals surface area contributed by atoms with Gasteiger partial charge >= 0.3 is 0 Å². The van der Waals surface area contributed by atoms with Crippen molar-refractivity contribution >= 4 is 11.3 Å². The molecule has 0 saturated heterocycles. The van der Waals surface area contributed by atoms with E-state index >= 15 is 0 Å². The molecule has 1 rings (SSSR count). The van der Waals surface area contributed by atoms with Gasteiger partial charge in [0.1, 0.15) is 5.01 Å². The Morgan fingerprint density at radius 3 is 2.79 bits per heavy atom. The third-order valence-electron chi connectivity index (χ3n) is 2.45. The van der Waals surface area contributed by atoms with Crippen LogP contribution < -0.4 is 5.32 Å². The van der Waals surface area contributed by atoms with Crippen molar-refractivity contribution in [2.24, 2.45) is 5.92 Å². The maximum absolute atomic E-state index is 4.39. The molecule has 14 heavy (non-hydrogen) atoms. The van der Waals surface area contributed by atoms with E-state index in [0.29, 0.717) is 12.0 Å². The Bertz CT molecular complexity index is 233. The number of thiazole rings is 1. The summed E-state index contributed by atoms with van der Waals surface area (Å²) in [6.07, 6.45) is 4.40. The van der Waals surface area contributed by atoms with Crippen LogP contribution in [-0.4, -0.2) is 11.5 Å². The zero-order chi connectivity index (χ0) is 10.4. The first-order valence-corrected chi connectivity index (χ1v) is 6.30. The van der Waals surface area contributed by atoms with Gasteiger partial charge in [0.15, 0.2) is 0 Å². The van der Waals surface area contributed by atoms with E-state index in [1.54, 1.807) is 11.3 Å². The molecule has 2 atom stereocenters. The number of nitrogens with one attached hydrogen (secondary N) is 1. The smallest absolute Gasteiger partial charge is 0.110 e. The van der Waals surface area contributed by atoms with Crippen molar-refractivity contribution in [2.45, 2.75) is 39.7 Å². The van der Waals surface area contributed by atoms with Gasteiger partial charge in [0.2, 0.25) is 0 Å². The van der Waals surface area contributed by atoms with Gasteiger partial charge in [-0.2, -0.15) is 0 Å². The summed E-state index contributed by atoms with van der Waals surface area (Å²) in [4.78, 5) is 4.39. The lowest BCUT2D eigenvalue weighted by atomic mass is 9.97. The van der Waals surface area contributed by atoms with Gasteiger partial charge in [0.25, 0.3) is 0 Å². The summed E-state index contributed by atoms with van der Waals surface area (Å²) in [5.41, 5.74) is 0. The lowest BCUT2D eigenvalue weighted by molar-refractivity contribution is 0.368. The maximum atomic E-state index is 4.39. The molecule has 1 N–H and O–H groups in total. The second kappa shape index (κ2) is 6.14. The summed E-state index contributed by atoms with van der Waals surface area (Å²) >= 11 is 1.75. The molecule has 0 saturated carbocycles. The first-order valence-electron chi connectivity index (χ1n) is 5.42. The lowest BCUT2D eigenvalue weighted by Crippen LogP contribution is -2.26. The Labute approximate surface area is 90.8 Å². The van der Waals surface area contributed by atoms with Crippen molar-refractivity contribution in [3.8, 4) is 0 Å². The van der Waals surface area contributed by atoms with Gasteiger partial charge < -0.3 is 5.32 Å². The molecule has 1 aromatic rings. The molecule has 0 aliphatic carbocycles. The summed E-state index contributed by atoms with van der Waals surface area (Å²) in [6.45, 7) is 7.71. The highest BCUT2D eigenvalue weighted by molar-refractivity contribution is 7.09. The molecule has 80 valence electrons. The van der Waals surface area contributed by atoms with E-state index in [9.17, 15) is 0 Å². The van der Waals surface area contributed by atoms with Crippen LogP contribution in [0.2, 0.25) is 0 Å². The normalized spacial score (nSPS) is 15.4.